The molecular formula is C15H11O3. The molecule has 3 heteroatoms. The highest BCUT2D eigenvalue weighted by Gasteiger charge is 2.31. The van der Waals surface area contributed by atoms with Crippen LogP contribution in [0.1, 0.15) is 10.4 Å². The van der Waals surface area contributed by atoms with E-state index in [1.54, 1.807) is 31.4 Å². The number of Topliss-reactive ketones (excluding diaryl/α,β-unsaturated/α-hetero) is 1. The van der Waals surface area contributed by atoms with Gasteiger partial charge in [0.15, 0.2) is 5.76 Å². The molecule has 0 atom stereocenters. The minimum Gasteiger partial charge on any atom is -0.496 e. The first kappa shape index (κ1) is 11.3. The minimum atomic E-state index is -0.136. The van der Waals surface area contributed by atoms with Crippen LogP contribution in [0.3, 0.4) is 0 Å². The van der Waals surface area contributed by atoms with Crippen LogP contribution in [0.25, 0.3) is 0 Å². The third-order valence-corrected chi connectivity index (χ3v) is 2.86. The Morgan fingerprint density at radius 2 is 2.00 bits per heavy atom. The van der Waals surface area contributed by atoms with Crippen LogP contribution in [0.5, 0.6) is 11.5 Å². The molecule has 1 aliphatic heterocycles. The first-order chi connectivity index (χ1) is 8.79. The van der Waals surface area contributed by atoms with E-state index in [-0.39, 0.29) is 5.78 Å². The van der Waals surface area contributed by atoms with Crippen LogP contribution in [-0.2, 0) is 0 Å². The quantitative estimate of drug-likeness (QED) is 0.744. The average molecular weight is 239 g/mol. The number of hydrogen-bond donors (Lipinski definition) is 0. The summed E-state index contributed by atoms with van der Waals surface area (Å²) in [6.45, 7) is 0. The number of carbonyl (C=O) groups is 1. The molecule has 0 saturated heterocycles. The molecule has 1 fully saturated rings. The molecular weight excluding hydrogens is 228 g/mol. The zero-order chi connectivity index (χ0) is 12.5. The van der Waals surface area contributed by atoms with Gasteiger partial charge in [0, 0.05) is 5.92 Å². The van der Waals surface area contributed by atoms with E-state index >= 15 is 0 Å². The van der Waals surface area contributed by atoms with Crippen molar-refractivity contribution in [2.75, 3.05) is 7.11 Å². The van der Waals surface area contributed by atoms with Gasteiger partial charge in [0.1, 0.15) is 17.1 Å². The van der Waals surface area contributed by atoms with Crippen molar-refractivity contribution in [2.24, 2.45) is 0 Å². The number of ether oxygens (including phenoxy) is 2. The second-order valence-electron chi connectivity index (χ2n) is 3.99. The lowest BCUT2D eigenvalue weighted by Gasteiger charge is -2.02. The fourth-order valence-corrected chi connectivity index (χ4v) is 2.01. The SMILES string of the molecule is COc1cccc2c1C(=O)/C(=C/[C]1[CH][CH][CH][CH]1)O2. The number of methoxy groups -OCH3 is 1. The highest BCUT2D eigenvalue weighted by molar-refractivity contribution is 6.14. The van der Waals surface area contributed by atoms with Crippen molar-refractivity contribution < 1.29 is 14.3 Å². The van der Waals surface area contributed by atoms with Crippen LogP contribution in [0.4, 0.5) is 0 Å². The zero-order valence-corrected chi connectivity index (χ0v) is 9.84. The third kappa shape index (κ3) is 1.80. The lowest BCUT2D eigenvalue weighted by molar-refractivity contribution is 0.101. The molecule has 89 valence electrons. The lowest BCUT2D eigenvalue weighted by atomic mass is 10.0. The number of ketones is 1. The maximum atomic E-state index is 12.2. The van der Waals surface area contributed by atoms with Gasteiger partial charge >= 0.3 is 0 Å². The fourth-order valence-electron chi connectivity index (χ4n) is 2.01. The van der Waals surface area contributed by atoms with Gasteiger partial charge in [-0.05, 0) is 43.9 Å². The molecule has 18 heavy (non-hydrogen) atoms. The second-order valence-corrected chi connectivity index (χ2v) is 3.99. The molecule has 0 spiro atoms. The molecule has 0 amide bonds. The molecule has 1 saturated carbocycles. The van der Waals surface area contributed by atoms with Gasteiger partial charge in [-0.2, -0.15) is 0 Å². The van der Waals surface area contributed by atoms with Crippen molar-refractivity contribution in [1.82, 2.24) is 0 Å². The van der Waals surface area contributed by atoms with Gasteiger partial charge in [0.2, 0.25) is 5.78 Å². The zero-order valence-electron chi connectivity index (χ0n) is 9.84. The molecule has 1 aliphatic carbocycles. The summed E-state index contributed by atoms with van der Waals surface area (Å²) in [5.41, 5.74) is 0.498. The Labute approximate surface area is 106 Å². The fraction of sp³-hybridized carbons (Fsp3) is 0.0667. The molecule has 0 aromatic heterocycles. The summed E-state index contributed by atoms with van der Waals surface area (Å²) in [6, 6.07) is 5.32. The van der Waals surface area contributed by atoms with Crippen molar-refractivity contribution in [2.45, 2.75) is 0 Å². The molecule has 5 radical (unpaired) electrons. The molecule has 0 unspecified atom stereocenters. The van der Waals surface area contributed by atoms with Crippen molar-refractivity contribution in [3.63, 3.8) is 0 Å². The highest BCUT2D eigenvalue weighted by atomic mass is 16.5. The molecule has 1 aromatic carbocycles. The summed E-state index contributed by atoms with van der Waals surface area (Å²) in [5, 5.41) is 0. The number of hydrogen-bond acceptors (Lipinski definition) is 3. The van der Waals surface area contributed by atoms with E-state index in [0.29, 0.717) is 22.8 Å². The Morgan fingerprint density at radius 1 is 1.22 bits per heavy atom. The summed E-state index contributed by atoms with van der Waals surface area (Å²) >= 11 is 0. The summed E-state index contributed by atoms with van der Waals surface area (Å²) < 4.78 is 10.7. The van der Waals surface area contributed by atoms with E-state index in [2.05, 4.69) is 0 Å². The van der Waals surface area contributed by atoms with E-state index in [9.17, 15) is 4.79 Å². The van der Waals surface area contributed by atoms with Crippen LogP contribution >= 0.6 is 0 Å². The van der Waals surface area contributed by atoms with E-state index in [4.69, 9.17) is 9.47 Å². The van der Waals surface area contributed by atoms with Gasteiger partial charge in [0.05, 0.1) is 7.11 Å². The number of fused-ring (bicyclic) bond motifs is 1. The standard InChI is InChI=1S/C15H11O3/c1-17-11-7-4-8-12-14(11)15(16)13(18-12)9-10-5-2-3-6-10/h2-9H,1H3/b13-9-. The predicted octanol–water partition coefficient (Wildman–Crippen LogP) is 2.56. The summed E-state index contributed by atoms with van der Waals surface area (Å²) in [7, 11) is 1.54. The van der Waals surface area contributed by atoms with E-state index in [1.165, 1.54) is 0 Å². The van der Waals surface area contributed by atoms with Gasteiger partial charge in [-0.15, -0.1) is 0 Å². The topological polar surface area (TPSA) is 35.5 Å². The first-order valence-corrected chi connectivity index (χ1v) is 5.62. The molecule has 0 N–H and O–H groups in total. The molecule has 0 bridgehead atoms. The van der Waals surface area contributed by atoms with Crippen molar-refractivity contribution in [3.8, 4) is 11.5 Å². The smallest absolute Gasteiger partial charge is 0.235 e. The monoisotopic (exact) mass is 239 g/mol. The van der Waals surface area contributed by atoms with Gasteiger partial charge < -0.3 is 9.47 Å². The van der Waals surface area contributed by atoms with Crippen LogP contribution in [-0.4, -0.2) is 12.9 Å². The summed E-state index contributed by atoms with van der Waals surface area (Å²) in [6.07, 6.45) is 9.41. The molecule has 3 rings (SSSR count). The normalized spacial score (nSPS) is 21.2. The number of allylic oxidation sites excluding steroid dienone is 2. The van der Waals surface area contributed by atoms with Gasteiger partial charge in [-0.3, -0.25) is 4.79 Å². The van der Waals surface area contributed by atoms with Crippen molar-refractivity contribution in [1.29, 1.82) is 0 Å². The van der Waals surface area contributed by atoms with Gasteiger partial charge in [-0.25, -0.2) is 0 Å². The van der Waals surface area contributed by atoms with E-state index in [1.807, 2.05) is 25.7 Å². The Balaban J connectivity index is 1.93. The molecule has 2 aliphatic rings. The minimum absolute atomic E-state index is 0.136. The third-order valence-electron chi connectivity index (χ3n) is 2.86. The summed E-state index contributed by atoms with van der Waals surface area (Å²) in [5.74, 6) is 2.25. The van der Waals surface area contributed by atoms with Crippen molar-refractivity contribution in [3.05, 3.63) is 67.2 Å². The lowest BCUT2D eigenvalue weighted by Crippen LogP contribution is -2.02. The van der Waals surface area contributed by atoms with E-state index < -0.39 is 0 Å². The Hall–Kier alpha value is -1.77. The Kier molecular flexibility index (Phi) is 2.82. The van der Waals surface area contributed by atoms with Crippen LogP contribution in [0.15, 0.2) is 30.0 Å². The van der Waals surface area contributed by atoms with Crippen LogP contribution in [0, 0.1) is 31.6 Å². The largest absolute Gasteiger partial charge is 0.496 e. The highest BCUT2D eigenvalue weighted by Crippen LogP contribution is 2.38. The van der Waals surface area contributed by atoms with Gasteiger partial charge in [-0.1, -0.05) is 6.07 Å². The van der Waals surface area contributed by atoms with Crippen LogP contribution in [0.2, 0.25) is 0 Å². The first-order valence-electron chi connectivity index (χ1n) is 5.62. The molecule has 1 heterocycles. The number of carbonyl (C=O) groups excluding carboxylic acids is 1. The Morgan fingerprint density at radius 3 is 2.72 bits per heavy atom. The van der Waals surface area contributed by atoms with E-state index in [0.717, 1.165) is 5.92 Å². The number of rotatable bonds is 2. The maximum Gasteiger partial charge on any atom is 0.235 e. The summed E-state index contributed by atoms with van der Waals surface area (Å²) in [4.78, 5) is 12.2. The second kappa shape index (κ2) is 4.48. The predicted molar refractivity (Wildman–Crippen MR) is 66.5 cm³/mol. The number of benzene rings is 1. The van der Waals surface area contributed by atoms with Crippen molar-refractivity contribution >= 4 is 5.78 Å². The molecule has 1 aromatic rings. The maximum absolute atomic E-state index is 12.2. The average Bonchev–Trinajstić information content (AvgIpc) is 2.99. The Bertz CT molecular complexity index is 510. The van der Waals surface area contributed by atoms with Gasteiger partial charge in [0.25, 0.3) is 0 Å². The molecule has 3 nitrogen and oxygen atoms in total. The van der Waals surface area contributed by atoms with Crippen LogP contribution < -0.4 is 9.47 Å².